The zero-order chi connectivity index (χ0) is 21.5. The zero-order valence-electron chi connectivity index (χ0n) is 17.6. The van der Waals surface area contributed by atoms with Crippen LogP contribution in [-0.2, 0) is 0 Å². The van der Waals surface area contributed by atoms with Crippen LogP contribution in [0.5, 0.6) is 0 Å². The Morgan fingerprint density at radius 3 is 2.71 bits per heavy atom. The largest absolute Gasteiger partial charge is 0.290 e. The van der Waals surface area contributed by atoms with E-state index in [1.165, 1.54) is 0 Å². The summed E-state index contributed by atoms with van der Waals surface area (Å²) in [6.07, 6.45) is 5.56. The normalized spacial score (nSPS) is 13.7. The van der Waals surface area contributed by atoms with Crippen LogP contribution in [0.3, 0.4) is 0 Å². The van der Waals surface area contributed by atoms with Crippen molar-refractivity contribution in [2.24, 2.45) is 0 Å². The monoisotopic (exact) mass is 414 g/mol. The SMILES string of the molecule is Cc1nc(NC(=O)c2cc(C3CC3)nc3c2cnn3C(C)C)nc(-c2ccccn2)n1. The van der Waals surface area contributed by atoms with Crippen LogP contribution in [0.2, 0.25) is 0 Å². The summed E-state index contributed by atoms with van der Waals surface area (Å²) in [5.74, 6) is 1.20. The summed E-state index contributed by atoms with van der Waals surface area (Å²) in [6, 6.07) is 7.51. The number of rotatable bonds is 5. The van der Waals surface area contributed by atoms with Crippen molar-refractivity contribution < 1.29 is 4.79 Å². The summed E-state index contributed by atoms with van der Waals surface area (Å²) in [6.45, 7) is 5.85. The van der Waals surface area contributed by atoms with Gasteiger partial charge in [-0.15, -0.1) is 0 Å². The summed E-state index contributed by atoms with van der Waals surface area (Å²) in [4.78, 5) is 35.4. The number of carbonyl (C=O) groups excluding carboxylic acids is 1. The molecule has 0 aromatic carbocycles. The van der Waals surface area contributed by atoms with E-state index in [-0.39, 0.29) is 17.9 Å². The molecule has 1 aliphatic rings. The lowest BCUT2D eigenvalue weighted by Crippen LogP contribution is -2.17. The molecule has 1 N–H and O–H groups in total. The molecule has 1 saturated carbocycles. The molecule has 5 rings (SSSR count). The molecule has 0 unspecified atom stereocenters. The fraction of sp³-hybridized carbons (Fsp3) is 0.318. The van der Waals surface area contributed by atoms with Gasteiger partial charge >= 0.3 is 0 Å². The third-order valence-electron chi connectivity index (χ3n) is 5.18. The number of nitrogens with one attached hydrogen (secondary N) is 1. The molecule has 9 nitrogen and oxygen atoms in total. The average molecular weight is 414 g/mol. The quantitative estimate of drug-likeness (QED) is 0.530. The van der Waals surface area contributed by atoms with Crippen LogP contribution in [0, 0.1) is 6.92 Å². The lowest BCUT2D eigenvalue weighted by Gasteiger charge is -2.11. The molecule has 0 bridgehead atoms. The van der Waals surface area contributed by atoms with Crippen molar-refractivity contribution in [1.82, 2.24) is 34.7 Å². The van der Waals surface area contributed by atoms with Crippen molar-refractivity contribution in [2.75, 3.05) is 5.32 Å². The van der Waals surface area contributed by atoms with Crippen LogP contribution >= 0.6 is 0 Å². The fourth-order valence-corrected chi connectivity index (χ4v) is 3.51. The van der Waals surface area contributed by atoms with Crippen molar-refractivity contribution in [3.63, 3.8) is 0 Å². The standard InChI is InChI=1S/C22H22N8O/c1-12(2)30-20-16(11-24-30)15(10-18(27-20)14-7-8-14)21(31)29-22-26-13(3)25-19(28-22)17-6-4-5-9-23-17/h4-6,9-12,14H,7-8H2,1-3H3,(H,25,26,28,29,31). The van der Waals surface area contributed by atoms with E-state index >= 15 is 0 Å². The Kier molecular flexibility index (Phi) is 4.65. The van der Waals surface area contributed by atoms with Gasteiger partial charge in [-0.25, -0.2) is 14.6 Å². The summed E-state index contributed by atoms with van der Waals surface area (Å²) in [5, 5.41) is 8.01. The molecule has 1 fully saturated rings. The second-order valence-electron chi connectivity index (χ2n) is 7.99. The van der Waals surface area contributed by atoms with Gasteiger partial charge in [-0.3, -0.25) is 15.1 Å². The molecule has 0 spiro atoms. The predicted octanol–water partition coefficient (Wildman–Crippen LogP) is 3.70. The molecule has 0 radical (unpaired) electrons. The van der Waals surface area contributed by atoms with E-state index in [0.717, 1.165) is 24.2 Å². The average Bonchev–Trinajstić information content (AvgIpc) is 3.52. The first-order valence-corrected chi connectivity index (χ1v) is 10.3. The molecule has 156 valence electrons. The van der Waals surface area contributed by atoms with Crippen molar-refractivity contribution in [2.45, 2.75) is 45.6 Å². The number of fused-ring (bicyclic) bond motifs is 1. The van der Waals surface area contributed by atoms with E-state index in [9.17, 15) is 4.79 Å². The molecule has 4 heterocycles. The smallest absolute Gasteiger partial charge is 0.258 e. The second-order valence-corrected chi connectivity index (χ2v) is 7.99. The van der Waals surface area contributed by atoms with Gasteiger partial charge in [0.1, 0.15) is 11.5 Å². The number of nitrogens with zero attached hydrogens (tertiary/aromatic N) is 7. The Hall–Kier alpha value is -3.75. The lowest BCUT2D eigenvalue weighted by atomic mass is 10.1. The van der Waals surface area contributed by atoms with E-state index in [4.69, 9.17) is 4.98 Å². The van der Waals surface area contributed by atoms with Crippen LogP contribution in [0.25, 0.3) is 22.6 Å². The minimum atomic E-state index is -0.296. The maximum atomic E-state index is 13.3. The Morgan fingerprint density at radius 1 is 1.16 bits per heavy atom. The minimum Gasteiger partial charge on any atom is -0.290 e. The van der Waals surface area contributed by atoms with Gasteiger partial charge in [0.2, 0.25) is 5.95 Å². The highest BCUT2D eigenvalue weighted by atomic mass is 16.1. The first-order chi connectivity index (χ1) is 15.0. The number of amides is 1. The number of hydrogen-bond donors (Lipinski definition) is 1. The van der Waals surface area contributed by atoms with Gasteiger partial charge in [-0.2, -0.15) is 15.1 Å². The molecule has 4 aromatic heterocycles. The fourth-order valence-electron chi connectivity index (χ4n) is 3.51. The Labute approximate surface area is 179 Å². The van der Waals surface area contributed by atoms with Gasteiger partial charge in [-0.1, -0.05) is 6.07 Å². The van der Waals surface area contributed by atoms with Crippen LogP contribution in [0.1, 0.15) is 60.5 Å². The van der Waals surface area contributed by atoms with Gasteiger partial charge < -0.3 is 0 Å². The van der Waals surface area contributed by atoms with Gasteiger partial charge in [0.25, 0.3) is 5.91 Å². The summed E-state index contributed by atoms with van der Waals surface area (Å²) < 4.78 is 1.85. The Bertz CT molecular complexity index is 1280. The predicted molar refractivity (Wildman–Crippen MR) is 116 cm³/mol. The van der Waals surface area contributed by atoms with Crippen LogP contribution in [-0.4, -0.2) is 40.6 Å². The second kappa shape index (κ2) is 7.50. The highest BCUT2D eigenvalue weighted by Gasteiger charge is 2.28. The molecule has 1 amide bonds. The first kappa shape index (κ1) is 19.2. The maximum absolute atomic E-state index is 13.3. The number of aromatic nitrogens is 7. The third kappa shape index (κ3) is 3.74. The van der Waals surface area contributed by atoms with E-state index in [2.05, 4.69) is 30.4 Å². The van der Waals surface area contributed by atoms with Crippen molar-refractivity contribution in [3.05, 3.63) is 53.7 Å². The van der Waals surface area contributed by atoms with Crippen LogP contribution in [0.15, 0.2) is 36.7 Å². The van der Waals surface area contributed by atoms with E-state index in [1.807, 2.05) is 42.8 Å². The number of anilines is 1. The Balaban J connectivity index is 1.53. The third-order valence-corrected chi connectivity index (χ3v) is 5.18. The first-order valence-electron chi connectivity index (χ1n) is 10.3. The minimum absolute atomic E-state index is 0.141. The molecule has 0 saturated heterocycles. The highest BCUT2D eigenvalue weighted by molar-refractivity contribution is 6.11. The van der Waals surface area contributed by atoms with Gasteiger partial charge in [0.15, 0.2) is 11.5 Å². The number of aryl methyl sites for hydroxylation is 1. The van der Waals surface area contributed by atoms with Crippen LogP contribution < -0.4 is 5.32 Å². The van der Waals surface area contributed by atoms with Crippen LogP contribution in [0.4, 0.5) is 5.95 Å². The van der Waals surface area contributed by atoms with Crippen molar-refractivity contribution >= 4 is 22.9 Å². The van der Waals surface area contributed by atoms with Gasteiger partial charge in [-0.05, 0) is 51.8 Å². The van der Waals surface area contributed by atoms with Crippen molar-refractivity contribution in [3.8, 4) is 11.5 Å². The maximum Gasteiger partial charge on any atom is 0.258 e. The molecular formula is C22H22N8O. The zero-order valence-corrected chi connectivity index (χ0v) is 17.6. The summed E-state index contributed by atoms with van der Waals surface area (Å²) in [7, 11) is 0. The molecule has 1 aliphatic carbocycles. The van der Waals surface area contributed by atoms with Gasteiger partial charge in [0.05, 0.1) is 17.1 Å². The van der Waals surface area contributed by atoms with Crippen molar-refractivity contribution in [1.29, 1.82) is 0 Å². The highest BCUT2D eigenvalue weighted by Crippen LogP contribution is 2.40. The molecule has 4 aromatic rings. The van der Waals surface area contributed by atoms with E-state index in [1.54, 1.807) is 19.3 Å². The number of pyridine rings is 2. The summed E-state index contributed by atoms with van der Waals surface area (Å²) >= 11 is 0. The van der Waals surface area contributed by atoms with E-state index < -0.39 is 0 Å². The molecular weight excluding hydrogens is 392 g/mol. The number of hydrogen-bond acceptors (Lipinski definition) is 7. The summed E-state index contributed by atoms with van der Waals surface area (Å²) in [5.41, 5.74) is 2.80. The molecule has 31 heavy (non-hydrogen) atoms. The molecule has 0 aliphatic heterocycles. The lowest BCUT2D eigenvalue weighted by molar-refractivity contribution is 0.102. The Morgan fingerprint density at radius 2 is 2.00 bits per heavy atom. The van der Waals surface area contributed by atoms with Gasteiger partial charge in [0, 0.05) is 23.9 Å². The number of carbonyl (C=O) groups is 1. The molecule has 9 heteroatoms. The van der Waals surface area contributed by atoms with E-state index in [0.29, 0.717) is 34.2 Å². The topological polar surface area (TPSA) is 111 Å². The molecule has 0 atom stereocenters.